The van der Waals surface area contributed by atoms with Gasteiger partial charge in [-0.05, 0) is 31.2 Å². The molecule has 2 rings (SSSR count). The third kappa shape index (κ3) is 4.63. The average molecular weight is 307 g/mol. The van der Waals surface area contributed by atoms with Crippen molar-refractivity contribution < 1.29 is 18.4 Å². The quantitative estimate of drug-likeness (QED) is 0.846. The predicted molar refractivity (Wildman–Crippen MR) is 77.5 cm³/mol. The van der Waals surface area contributed by atoms with Crippen molar-refractivity contribution in [3.05, 3.63) is 36.0 Å². The lowest BCUT2D eigenvalue weighted by Crippen LogP contribution is -2.35. The Morgan fingerprint density at radius 1 is 1.41 bits per heavy atom. The van der Waals surface area contributed by atoms with Crippen LogP contribution in [0.1, 0.15) is 19.2 Å². The highest BCUT2D eigenvalue weighted by Crippen LogP contribution is 2.16. The Morgan fingerprint density at radius 2 is 2.14 bits per heavy atom. The maximum Gasteiger partial charge on any atom is 0.227 e. The lowest BCUT2D eigenvalue weighted by molar-refractivity contribution is -0.122. The van der Waals surface area contributed by atoms with Gasteiger partial charge in [-0.1, -0.05) is 5.16 Å². The summed E-state index contributed by atoms with van der Waals surface area (Å²) in [5, 5.41) is 6.62. The summed E-state index contributed by atoms with van der Waals surface area (Å²) in [7, 11) is 1.58. The van der Waals surface area contributed by atoms with Gasteiger partial charge in [0.15, 0.2) is 0 Å². The number of hydrogen-bond donors (Lipinski definition) is 1. The number of rotatable bonds is 7. The van der Waals surface area contributed by atoms with Gasteiger partial charge in [0, 0.05) is 31.6 Å². The lowest BCUT2D eigenvalue weighted by Gasteiger charge is -2.11. The van der Waals surface area contributed by atoms with Gasteiger partial charge in [-0.2, -0.15) is 4.98 Å². The highest BCUT2D eigenvalue weighted by atomic mass is 19.1. The molecule has 1 amide bonds. The zero-order valence-corrected chi connectivity index (χ0v) is 12.5. The highest BCUT2D eigenvalue weighted by molar-refractivity contribution is 5.76. The Hall–Kier alpha value is -2.28. The number of methoxy groups -OCH3 is 1. The Bertz CT molecular complexity index is 613. The molecule has 0 aliphatic carbocycles. The van der Waals surface area contributed by atoms with E-state index in [4.69, 9.17) is 9.26 Å². The molecule has 0 radical (unpaired) electrons. The molecule has 0 bridgehead atoms. The Kier molecular flexibility index (Phi) is 5.60. The molecule has 0 aliphatic rings. The fraction of sp³-hybridized carbons (Fsp3) is 0.400. The number of benzene rings is 1. The van der Waals surface area contributed by atoms with E-state index in [2.05, 4.69) is 15.5 Å². The van der Waals surface area contributed by atoms with Crippen LogP contribution in [0, 0.1) is 5.82 Å². The molecule has 0 saturated carbocycles. The van der Waals surface area contributed by atoms with Crippen LogP contribution in [0.25, 0.3) is 11.4 Å². The Morgan fingerprint density at radius 3 is 2.82 bits per heavy atom. The first kappa shape index (κ1) is 16.1. The van der Waals surface area contributed by atoms with E-state index in [-0.39, 0.29) is 24.2 Å². The van der Waals surface area contributed by atoms with Gasteiger partial charge in [-0.3, -0.25) is 4.79 Å². The van der Waals surface area contributed by atoms with Crippen LogP contribution in [0.4, 0.5) is 4.39 Å². The van der Waals surface area contributed by atoms with Crippen molar-refractivity contribution >= 4 is 5.91 Å². The molecule has 1 atom stereocenters. The zero-order chi connectivity index (χ0) is 15.9. The first-order valence-electron chi connectivity index (χ1n) is 6.95. The van der Waals surface area contributed by atoms with Crippen LogP contribution in [0.2, 0.25) is 0 Å². The fourth-order valence-electron chi connectivity index (χ4n) is 1.93. The number of ether oxygens (including phenoxy) is 1. The minimum Gasteiger partial charge on any atom is -0.383 e. The van der Waals surface area contributed by atoms with E-state index >= 15 is 0 Å². The molecule has 118 valence electrons. The molecule has 0 saturated heterocycles. The molecule has 1 heterocycles. The fourth-order valence-corrected chi connectivity index (χ4v) is 1.93. The number of aryl methyl sites for hydroxylation is 1. The molecule has 1 aromatic heterocycles. The van der Waals surface area contributed by atoms with E-state index in [1.807, 2.05) is 6.92 Å². The first-order valence-corrected chi connectivity index (χ1v) is 6.95. The number of amides is 1. The molecule has 2 aromatic rings. The summed E-state index contributed by atoms with van der Waals surface area (Å²) in [4.78, 5) is 15.9. The smallest absolute Gasteiger partial charge is 0.227 e. The number of nitrogens with zero attached hydrogens (tertiary/aromatic N) is 2. The molecule has 1 N–H and O–H groups in total. The van der Waals surface area contributed by atoms with Gasteiger partial charge in [0.05, 0.1) is 6.61 Å². The van der Waals surface area contributed by atoms with Crippen molar-refractivity contribution in [3.63, 3.8) is 0 Å². The van der Waals surface area contributed by atoms with Crippen molar-refractivity contribution in [3.8, 4) is 11.4 Å². The van der Waals surface area contributed by atoms with E-state index in [1.165, 1.54) is 12.1 Å². The first-order chi connectivity index (χ1) is 10.6. The molecule has 0 aliphatic heterocycles. The molecule has 7 heteroatoms. The van der Waals surface area contributed by atoms with Gasteiger partial charge < -0.3 is 14.6 Å². The van der Waals surface area contributed by atoms with Crippen molar-refractivity contribution in [1.82, 2.24) is 15.5 Å². The van der Waals surface area contributed by atoms with E-state index in [0.29, 0.717) is 30.3 Å². The number of hydrogen-bond acceptors (Lipinski definition) is 5. The molecule has 0 spiro atoms. The number of aromatic nitrogens is 2. The largest absolute Gasteiger partial charge is 0.383 e. The van der Waals surface area contributed by atoms with Crippen molar-refractivity contribution in [2.75, 3.05) is 13.7 Å². The average Bonchev–Trinajstić information content (AvgIpc) is 2.95. The normalized spacial score (nSPS) is 12.1. The van der Waals surface area contributed by atoms with Gasteiger partial charge in [0.1, 0.15) is 5.82 Å². The SMILES string of the molecule is COCC(C)NC(=O)CCc1nc(-c2ccc(F)cc2)no1. The molecular weight excluding hydrogens is 289 g/mol. The summed E-state index contributed by atoms with van der Waals surface area (Å²) < 4.78 is 22.9. The van der Waals surface area contributed by atoms with Crippen LogP contribution in [0.15, 0.2) is 28.8 Å². The maximum absolute atomic E-state index is 12.9. The van der Waals surface area contributed by atoms with Crippen molar-refractivity contribution in [1.29, 1.82) is 0 Å². The minimum absolute atomic E-state index is 0.0463. The zero-order valence-electron chi connectivity index (χ0n) is 12.5. The van der Waals surface area contributed by atoms with E-state index in [0.717, 1.165) is 0 Å². The van der Waals surface area contributed by atoms with Gasteiger partial charge in [0.2, 0.25) is 17.6 Å². The highest BCUT2D eigenvalue weighted by Gasteiger charge is 2.12. The number of halogens is 1. The van der Waals surface area contributed by atoms with Crippen LogP contribution in [0.3, 0.4) is 0 Å². The number of nitrogens with one attached hydrogen (secondary N) is 1. The van der Waals surface area contributed by atoms with Crippen LogP contribution in [-0.4, -0.2) is 35.8 Å². The molecule has 22 heavy (non-hydrogen) atoms. The van der Waals surface area contributed by atoms with Gasteiger partial charge >= 0.3 is 0 Å². The lowest BCUT2D eigenvalue weighted by atomic mass is 10.2. The molecule has 1 aromatic carbocycles. The topological polar surface area (TPSA) is 77.2 Å². The van der Waals surface area contributed by atoms with E-state index in [9.17, 15) is 9.18 Å². The molecule has 0 fully saturated rings. The second-order valence-corrected chi connectivity index (χ2v) is 4.94. The Balaban J connectivity index is 1.87. The molecular formula is C15H18FN3O3. The van der Waals surface area contributed by atoms with Crippen LogP contribution in [0.5, 0.6) is 0 Å². The predicted octanol–water partition coefficient (Wildman–Crippen LogP) is 1.96. The number of carbonyl (C=O) groups is 1. The summed E-state index contributed by atoms with van der Waals surface area (Å²) in [6.07, 6.45) is 0.596. The summed E-state index contributed by atoms with van der Waals surface area (Å²) >= 11 is 0. The van der Waals surface area contributed by atoms with Crippen LogP contribution >= 0.6 is 0 Å². The van der Waals surface area contributed by atoms with Gasteiger partial charge in [0.25, 0.3) is 0 Å². The van der Waals surface area contributed by atoms with E-state index < -0.39 is 0 Å². The summed E-state index contributed by atoms with van der Waals surface area (Å²) in [5.74, 6) is 0.317. The molecule has 1 unspecified atom stereocenters. The second kappa shape index (κ2) is 7.65. The van der Waals surface area contributed by atoms with Crippen LogP contribution < -0.4 is 5.32 Å². The minimum atomic E-state index is -0.325. The van der Waals surface area contributed by atoms with Crippen molar-refractivity contribution in [2.45, 2.75) is 25.8 Å². The standard InChI is InChI=1S/C15H18FN3O3/c1-10(9-21-2)17-13(20)7-8-14-18-15(19-22-14)11-3-5-12(16)6-4-11/h3-6,10H,7-9H2,1-2H3,(H,17,20). The van der Waals surface area contributed by atoms with Gasteiger partial charge in [-0.25, -0.2) is 4.39 Å². The third-order valence-corrected chi connectivity index (χ3v) is 2.96. The number of carbonyl (C=O) groups excluding carboxylic acids is 1. The summed E-state index contributed by atoms with van der Waals surface area (Å²) in [6, 6.07) is 5.76. The van der Waals surface area contributed by atoms with Crippen molar-refractivity contribution in [2.24, 2.45) is 0 Å². The maximum atomic E-state index is 12.9. The third-order valence-electron chi connectivity index (χ3n) is 2.96. The van der Waals surface area contributed by atoms with Gasteiger partial charge in [-0.15, -0.1) is 0 Å². The Labute approximate surface area is 127 Å². The summed E-state index contributed by atoms with van der Waals surface area (Å²) in [6.45, 7) is 2.32. The monoisotopic (exact) mass is 307 g/mol. The second-order valence-electron chi connectivity index (χ2n) is 4.94. The molecule has 6 nitrogen and oxygen atoms in total. The van der Waals surface area contributed by atoms with Crippen LogP contribution in [-0.2, 0) is 16.0 Å². The van der Waals surface area contributed by atoms with E-state index in [1.54, 1.807) is 19.2 Å². The summed E-state index contributed by atoms with van der Waals surface area (Å²) in [5.41, 5.74) is 0.662.